The Labute approximate surface area is 119 Å². The SMILES string of the molecule is COc1c(C)cc(Cl)cc1CC(=O)NCCN(C)C. The summed E-state index contributed by atoms with van der Waals surface area (Å²) in [7, 11) is 5.54. The molecule has 0 saturated carbocycles. The number of aryl methyl sites for hydroxylation is 1. The number of rotatable bonds is 6. The smallest absolute Gasteiger partial charge is 0.224 e. The monoisotopic (exact) mass is 284 g/mol. The molecule has 0 unspecified atom stereocenters. The van der Waals surface area contributed by atoms with E-state index in [9.17, 15) is 4.79 Å². The minimum Gasteiger partial charge on any atom is -0.496 e. The molecule has 0 bridgehead atoms. The fourth-order valence-electron chi connectivity index (χ4n) is 1.88. The quantitative estimate of drug-likeness (QED) is 0.867. The first-order chi connectivity index (χ1) is 8.93. The molecule has 0 aromatic heterocycles. The molecule has 0 atom stereocenters. The summed E-state index contributed by atoms with van der Waals surface area (Å²) in [6.45, 7) is 3.36. The van der Waals surface area contributed by atoms with Gasteiger partial charge in [-0.25, -0.2) is 0 Å². The molecule has 1 N–H and O–H groups in total. The van der Waals surface area contributed by atoms with Gasteiger partial charge in [-0.05, 0) is 38.7 Å². The second kappa shape index (κ2) is 7.36. The molecule has 1 aromatic rings. The molecule has 0 saturated heterocycles. The van der Waals surface area contributed by atoms with Crippen LogP contribution in [-0.2, 0) is 11.2 Å². The van der Waals surface area contributed by atoms with Crippen LogP contribution < -0.4 is 10.1 Å². The van der Waals surface area contributed by atoms with Crippen molar-refractivity contribution in [2.75, 3.05) is 34.3 Å². The molecular weight excluding hydrogens is 264 g/mol. The Kier molecular flexibility index (Phi) is 6.12. The molecule has 1 amide bonds. The van der Waals surface area contributed by atoms with Gasteiger partial charge in [-0.1, -0.05) is 11.6 Å². The molecule has 0 heterocycles. The van der Waals surface area contributed by atoms with Crippen LogP contribution in [0.5, 0.6) is 5.75 Å². The number of benzene rings is 1. The van der Waals surface area contributed by atoms with E-state index in [1.54, 1.807) is 13.2 Å². The third-order valence-electron chi connectivity index (χ3n) is 2.75. The highest BCUT2D eigenvalue weighted by Gasteiger charge is 2.12. The van der Waals surface area contributed by atoms with Crippen LogP contribution in [0.3, 0.4) is 0 Å². The molecule has 1 rings (SSSR count). The summed E-state index contributed by atoms with van der Waals surface area (Å²) in [5, 5.41) is 3.49. The molecule has 1 aromatic carbocycles. The van der Waals surface area contributed by atoms with Gasteiger partial charge in [0.25, 0.3) is 0 Å². The zero-order valence-corrected chi connectivity index (χ0v) is 12.7. The fraction of sp³-hybridized carbons (Fsp3) is 0.500. The Hall–Kier alpha value is -1.26. The van der Waals surface area contributed by atoms with Gasteiger partial charge in [0, 0.05) is 23.7 Å². The van der Waals surface area contributed by atoms with E-state index < -0.39 is 0 Å². The van der Waals surface area contributed by atoms with E-state index in [0.717, 1.165) is 23.4 Å². The Balaban J connectivity index is 2.68. The van der Waals surface area contributed by atoms with Gasteiger partial charge in [-0.3, -0.25) is 4.79 Å². The number of halogens is 1. The van der Waals surface area contributed by atoms with E-state index >= 15 is 0 Å². The van der Waals surface area contributed by atoms with Crippen LogP contribution in [-0.4, -0.2) is 45.1 Å². The molecule has 0 fully saturated rings. The average Bonchev–Trinajstić information content (AvgIpc) is 2.27. The second-order valence-corrected chi connectivity index (χ2v) is 5.18. The van der Waals surface area contributed by atoms with Gasteiger partial charge in [-0.2, -0.15) is 0 Å². The van der Waals surface area contributed by atoms with Gasteiger partial charge in [0.1, 0.15) is 5.75 Å². The van der Waals surface area contributed by atoms with E-state index in [0.29, 0.717) is 11.6 Å². The molecule has 4 nitrogen and oxygen atoms in total. The molecule has 0 radical (unpaired) electrons. The fourth-order valence-corrected chi connectivity index (χ4v) is 2.17. The number of methoxy groups -OCH3 is 1. The lowest BCUT2D eigenvalue weighted by atomic mass is 10.1. The van der Waals surface area contributed by atoms with Gasteiger partial charge in [0.15, 0.2) is 0 Å². The predicted molar refractivity (Wildman–Crippen MR) is 78.0 cm³/mol. The molecule has 0 spiro atoms. The third kappa shape index (κ3) is 5.09. The summed E-state index contributed by atoms with van der Waals surface area (Å²) < 4.78 is 5.33. The topological polar surface area (TPSA) is 41.6 Å². The van der Waals surface area contributed by atoms with Crippen LogP contribution in [0.15, 0.2) is 12.1 Å². The van der Waals surface area contributed by atoms with E-state index in [2.05, 4.69) is 5.32 Å². The van der Waals surface area contributed by atoms with E-state index in [1.165, 1.54) is 0 Å². The van der Waals surface area contributed by atoms with Gasteiger partial charge in [0.2, 0.25) is 5.91 Å². The first-order valence-corrected chi connectivity index (χ1v) is 6.56. The van der Waals surface area contributed by atoms with Gasteiger partial charge in [-0.15, -0.1) is 0 Å². The van der Waals surface area contributed by atoms with E-state index in [-0.39, 0.29) is 12.3 Å². The minimum absolute atomic E-state index is 0.0261. The summed E-state index contributed by atoms with van der Waals surface area (Å²) >= 11 is 6.01. The first kappa shape index (κ1) is 15.8. The van der Waals surface area contributed by atoms with Crippen LogP contribution in [0.1, 0.15) is 11.1 Å². The first-order valence-electron chi connectivity index (χ1n) is 6.18. The van der Waals surface area contributed by atoms with Crippen molar-refractivity contribution in [2.24, 2.45) is 0 Å². The Morgan fingerprint density at radius 2 is 2.11 bits per heavy atom. The molecule has 106 valence electrons. The van der Waals surface area contributed by atoms with Crippen molar-refractivity contribution in [1.82, 2.24) is 10.2 Å². The standard InChI is InChI=1S/C14H21ClN2O2/c1-10-7-12(15)8-11(14(10)19-4)9-13(18)16-5-6-17(2)3/h7-8H,5-6,9H2,1-4H3,(H,16,18). The molecular formula is C14H21ClN2O2. The van der Waals surface area contributed by atoms with Crippen molar-refractivity contribution in [3.63, 3.8) is 0 Å². The highest BCUT2D eigenvalue weighted by Crippen LogP contribution is 2.27. The number of nitrogens with one attached hydrogen (secondary N) is 1. The van der Waals surface area contributed by atoms with E-state index in [4.69, 9.17) is 16.3 Å². The predicted octanol–water partition coefficient (Wildman–Crippen LogP) is 1.88. The lowest BCUT2D eigenvalue weighted by Crippen LogP contribution is -2.32. The van der Waals surface area contributed by atoms with Crippen molar-refractivity contribution in [1.29, 1.82) is 0 Å². The molecule has 0 aliphatic carbocycles. The van der Waals surface area contributed by atoms with Crippen LogP contribution in [0.2, 0.25) is 5.02 Å². The van der Waals surface area contributed by atoms with Crippen molar-refractivity contribution in [3.8, 4) is 5.75 Å². The zero-order valence-electron chi connectivity index (χ0n) is 11.9. The Morgan fingerprint density at radius 3 is 2.68 bits per heavy atom. The maximum atomic E-state index is 11.9. The molecule has 0 aliphatic rings. The van der Waals surface area contributed by atoms with Crippen LogP contribution >= 0.6 is 11.6 Å². The Bertz CT molecular complexity index is 447. The molecule has 19 heavy (non-hydrogen) atoms. The zero-order chi connectivity index (χ0) is 14.4. The normalized spacial score (nSPS) is 10.6. The number of amides is 1. The third-order valence-corrected chi connectivity index (χ3v) is 2.97. The largest absolute Gasteiger partial charge is 0.496 e. The van der Waals surface area contributed by atoms with Crippen LogP contribution in [0.4, 0.5) is 0 Å². The highest BCUT2D eigenvalue weighted by molar-refractivity contribution is 6.30. The van der Waals surface area contributed by atoms with Crippen molar-refractivity contribution >= 4 is 17.5 Å². The summed E-state index contributed by atoms with van der Waals surface area (Å²) in [6, 6.07) is 3.60. The Morgan fingerprint density at radius 1 is 1.42 bits per heavy atom. The maximum Gasteiger partial charge on any atom is 0.224 e. The average molecular weight is 285 g/mol. The number of hydrogen-bond acceptors (Lipinski definition) is 3. The number of likely N-dealkylation sites (N-methyl/N-ethyl adjacent to an activating group) is 1. The minimum atomic E-state index is -0.0261. The summed E-state index contributed by atoms with van der Waals surface area (Å²) in [4.78, 5) is 13.9. The summed E-state index contributed by atoms with van der Waals surface area (Å²) in [6.07, 6.45) is 0.276. The number of hydrogen-bond donors (Lipinski definition) is 1. The summed E-state index contributed by atoms with van der Waals surface area (Å²) in [5.74, 6) is 0.703. The number of carbonyl (C=O) groups excluding carboxylic acids is 1. The summed E-state index contributed by atoms with van der Waals surface area (Å²) in [5.41, 5.74) is 1.75. The van der Waals surface area contributed by atoms with Gasteiger partial charge >= 0.3 is 0 Å². The van der Waals surface area contributed by atoms with Crippen molar-refractivity contribution < 1.29 is 9.53 Å². The lowest BCUT2D eigenvalue weighted by molar-refractivity contribution is -0.120. The number of carbonyl (C=O) groups is 1. The number of nitrogens with zero attached hydrogens (tertiary/aromatic N) is 1. The van der Waals surface area contributed by atoms with Crippen LogP contribution in [0, 0.1) is 6.92 Å². The second-order valence-electron chi connectivity index (χ2n) is 4.75. The highest BCUT2D eigenvalue weighted by atomic mass is 35.5. The van der Waals surface area contributed by atoms with Gasteiger partial charge < -0.3 is 15.0 Å². The van der Waals surface area contributed by atoms with Crippen molar-refractivity contribution in [3.05, 3.63) is 28.3 Å². The maximum absolute atomic E-state index is 11.9. The van der Waals surface area contributed by atoms with Gasteiger partial charge in [0.05, 0.1) is 13.5 Å². The van der Waals surface area contributed by atoms with Crippen LogP contribution in [0.25, 0.3) is 0 Å². The van der Waals surface area contributed by atoms with E-state index in [1.807, 2.05) is 32.0 Å². The molecule has 0 aliphatic heterocycles. The lowest BCUT2D eigenvalue weighted by Gasteiger charge is -2.13. The van der Waals surface area contributed by atoms with Crippen molar-refractivity contribution in [2.45, 2.75) is 13.3 Å². The molecule has 5 heteroatoms. The number of ether oxygens (including phenoxy) is 1.